The third-order valence-corrected chi connectivity index (χ3v) is 3.56. The molecular weight excluding hydrogens is 266 g/mol. The van der Waals surface area contributed by atoms with E-state index in [2.05, 4.69) is 48.0 Å². The van der Waals surface area contributed by atoms with E-state index in [0.717, 1.165) is 18.0 Å². The highest BCUT2D eigenvalue weighted by Gasteiger charge is 2.00. The second-order valence-corrected chi connectivity index (χ2v) is 5.78. The van der Waals surface area contributed by atoms with Crippen LogP contribution in [0.25, 0.3) is 0 Å². The Balaban J connectivity index is 1.99. The Hall–Kier alpha value is -1.61. The molecule has 3 heteroatoms. The van der Waals surface area contributed by atoms with Crippen LogP contribution in [0.5, 0.6) is 5.75 Å². The molecule has 0 amide bonds. The molecule has 0 unspecified atom stereocenters. The Morgan fingerprint density at radius 3 is 2.65 bits per heavy atom. The maximum atomic E-state index is 5.71. The molecule has 0 atom stereocenters. The van der Waals surface area contributed by atoms with Gasteiger partial charge >= 0.3 is 0 Å². The molecule has 0 aromatic heterocycles. The third-order valence-electron chi connectivity index (χ3n) is 2.84. The van der Waals surface area contributed by atoms with Gasteiger partial charge in [-0.15, -0.1) is 11.8 Å². The van der Waals surface area contributed by atoms with Gasteiger partial charge in [-0.25, -0.2) is 0 Å². The fourth-order valence-corrected chi connectivity index (χ4v) is 2.40. The van der Waals surface area contributed by atoms with Gasteiger partial charge in [0.25, 0.3) is 0 Å². The fraction of sp³-hybridized carbons (Fsp3) is 0.294. The van der Waals surface area contributed by atoms with Crippen molar-refractivity contribution in [1.82, 2.24) is 0 Å². The number of nitrogens with one attached hydrogen (secondary N) is 1. The van der Waals surface area contributed by atoms with E-state index in [-0.39, 0.29) is 6.10 Å². The predicted octanol–water partition coefficient (Wildman–Crippen LogP) is 4.81. The number of thioether (sulfide) groups is 1. The van der Waals surface area contributed by atoms with E-state index < -0.39 is 0 Å². The van der Waals surface area contributed by atoms with Crippen molar-refractivity contribution in [2.45, 2.75) is 31.4 Å². The topological polar surface area (TPSA) is 21.3 Å². The minimum absolute atomic E-state index is 0.205. The van der Waals surface area contributed by atoms with Gasteiger partial charge in [0.2, 0.25) is 0 Å². The van der Waals surface area contributed by atoms with Gasteiger partial charge in [-0.2, -0.15) is 0 Å². The molecule has 2 nitrogen and oxygen atoms in total. The Morgan fingerprint density at radius 2 is 1.90 bits per heavy atom. The van der Waals surface area contributed by atoms with Gasteiger partial charge in [0, 0.05) is 17.1 Å². The average molecular weight is 287 g/mol. The van der Waals surface area contributed by atoms with Gasteiger partial charge in [0.05, 0.1) is 6.10 Å². The van der Waals surface area contributed by atoms with Crippen LogP contribution in [-0.4, -0.2) is 12.4 Å². The van der Waals surface area contributed by atoms with Crippen LogP contribution in [0.3, 0.4) is 0 Å². The summed E-state index contributed by atoms with van der Waals surface area (Å²) in [6, 6.07) is 16.7. The Kier molecular flexibility index (Phi) is 5.36. The first-order valence-corrected chi connectivity index (χ1v) is 8.03. The summed E-state index contributed by atoms with van der Waals surface area (Å²) >= 11 is 1.75. The molecule has 106 valence electrons. The minimum atomic E-state index is 0.205. The number of benzene rings is 2. The first-order valence-electron chi connectivity index (χ1n) is 6.81. The Labute approximate surface area is 125 Å². The van der Waals surface area contributed by atoms with Gasteiger partial charge in [-0.1, -0.05) is 18.2 Å². The lowest BCUT2D eigenvalue weighted by Gasteiger charge is -2.12. The third kappa shape index (κ3) is 4.49. The van der Waals surface area contributed by atoms with E-state index in [1.807, 2.05) is 26.0 Å². The molecule has 2 aromatic rings. The van der Waals surface area contributed by atoms with Crippen molar-refractivity contribution in [3.05, 3.63) is 54.1 Å². The minimum Gasteiger partial charge on any atom is -0.491 e. The van der Waals surface area contributed by atoms with E-state index in [4.69, 9.17) is 4.74 Å². The lowest BCUT2D eigenvalue weighted by Crippen LogP contribution is -2.06. The molecule has 0 aliphatic rings. The molecule has 2 aromatic carbocycles. The second kappa shape index (κ2) is 7.25. The first-order chi connectivity index (χ1) is 9.67. The quantitative estimate of drug-likeness (QED) is 0.771. The van der Waals surface area contributed by atoms with Crippen molar-refractivity contribution in [3.8, 4) is 5.75 Å². The van der Waals surface area contributed by atoms with Crippen LogP contribution < -0.4 is 10.1 Å². The maximum absolute atomic E-state index is 5.71. The standard InChI is InChI=1S/C17H21NOS/c1-13(2)19-16-8-4-6-14(10-16)12-18-15-7-5-9-17(11-15)20-3/h4-11,13,18H,12H2,1-3H3. The average Bonchev–Trinajstić information content (AvgIpc) is 2.45. The normalized spacial score (nSPS) is 10.6. The van der Waals surface area contributed by atoms with E-state index >= 15 is 0 Å². The van der Waals surface area contributed by atoms with Crippen molar-refractivity contribution < 1.29 is 4.74 Å². The summed E-state index contributed by atoms with van der Waals surface area (Å²) in [6.07, 6.45) is 2.29. The van der Waals surface area contributed by atoms with Crippen LogP contribution >= 0.6 is 11.8 Å². The molecule has 0 heterocycles. The second-order valence-electron chi connectivity index (χ2n) is 4.90. The number of anilines is 1. The van der Waals surface area contributed by atoms with Gasteiger partial charge < -0.3 is 10.1 Å². The summed E-state index contributed by atoms with van der Waals surface area (Å²) in [5, 5.41) is 3.45. The number of ether oxygens (including phenoxy) is 1. The van der Waals surface area contributed by atoms with Crippen molar-refractivity contribution in [1.29, 1.82) is 0 Å². The summed E-state index contributed by atoms with van der Waals surface area (Å²) in [5.74, 6) is 0.928. The first kappa shape index (κ1) is 14.8. The number of hydrogen-bond donors (Lipinski definition) is 1. The molecule has 0 bridgehead atoms. The van der Waals surface area contributed by atoms with Crippen LogP contribution in [0.15, 0.2) is 53.4 Å². The predicted molar refractivity (Wildman–Crippen MR) is 87.8 cm³/mol. The zero-order valence-corrected chi connectivity index (χ0v) is 13.0. The van der Waals surface area contributed by atoms with Crippen molar-refractivity contribution in [3.63, 3.8) is 0 Å². The Bertz CT molecular complexity index is 554. The molecule has 0 saturated heterocycles. The van der Waals surface area contributed by atoms with E-state index in [9.17, 15) is 0 Å². The molecular formula is C17H21NOS. The van der Waals surface area contributed by atoms with E-state index in [0.29, 0.717) is 0 Å². The molecule has 20 heavy (non-hydrogen) atoms. The highest BCUT2D eigenvalue weighted by Crippen LogP contribution is 2.20. The van der Waals surface area contributed by atoms with Crippen molar-refractivity contribution >= 4 is 17.4 Å². The fourth-order valence-electron chi connectivity index (χ4n) is 1.94. The van der Waals surface area contributed by atoms with E-state index in [1.165, 1.54) is 10.5 Å². The van der Waals surface area contributed by atoms with Crippen LogP contribution in [0, 0.1) is 0 Å². The smallest absolute Gasteiger partial charge is 0.120 e. The van der Waals surface area contributed by atoms with Crippen LogP contribution in [0.4, 0.5) is 5.69 Å². The van der Waals surface area contributed by atoms with Gasteiger partial charge in [0.1, 0.15) is 5.75 Å². The molecule has 0 aliphatic heterocycles. The summed E-state index contributed by atoms with van der Waals surface area (Å²) in [4.78, 5) is 1.27. The van der Waals surface area contributed by atoms with Crippen LogP contribution in [0.2, 0.25) is 0 Å². The molecule has 2 rings (SSSR count). The van der Waals surface area contributed by atoms with Crippen molar-refractivity contribution in [2.24, 2.45) is 0 Å². The summed E-state index contributed by atoms with van der Waals surface area (Å²) < 4.78 is 5.71. The molecule has 0 aliphatic carbocycles. The Morgan fingerprint density at radius 1 is 1.10 bits per heavy atom. The van der Waals surface area contributed by atoms with Crippen LogP contribution in [0.1, 0.15) is 19.4 Å². The summed E-state index contributed by atoms with van der Waals surface area (Å²) in [6.45, 7) is 4.88. The SMILES string of the molecule is CSc1cccc(NCc2cccc(OC(C)C)c2)c1. The monoisotopic (exact) mass is 287 g/mol. The molecule has 0 spiro atoms. The summed E-state index contributed by atoms with van der Waals surface area (Å²) in [7, 11) is 0. The lowest BCUT2D eigenvalue weighted by molar-refractivity contribution is 0.242. The van der Waals surface area contributed by atoms with Crippen molar-refractivity contribution in [2.75, 3.05) is 11.6 Å². The maximum Gasteiger partial charge on any atom is 0.120 e. The molecule has 0 fully saturated rings. The summed E-state index contributed by atoms with van der Waals surface area (Å²) in [5.41, 5.74) is 2.37. The lowest BCUT2D eigenvalue weighted by atomic mass is 10.2. The molecule has 0 saturated carbocycles. The van der Waals surface area contributed by atoms with Gasteiger partial charge in [-0.3, -0.25) is 0 Å². The zero-order valence-electron chi connectivity index (χ0n) is 12.2. The number of rotatable bonds is 6. The zero-order chi connectivity index (χ0) is 14.4. The highest BCUT2D eigenvalue weighted by atomic mass is 32.2. The molecule has 0 radical (unpaired) electrons. The highest BCUT2D eigenvalue weighted by molar-refractivity contribution is 7.98. The van der Waals surface area contributed by atoms with Gasteiger partial charge in [-0.05, 0) is 56.0 Å². The largest absolute Gasteiger partial charge is 0.491 e. The molecule has 1 N–H and O–H groups in total. The van der Waals surface area contributed by atoms with Crippen LogP contribution in [-0.2, 0) is 6.54 Å². The number of hydrogen-bond acceptors (Lipinski definition) is 3. The van der Waals surface area contributed by atoms with E-state index in [1.54, 1.807) is 11.8 Å². The van der Waals surface area contributed by atoms with Gasteiger partial charge in [0.15, 0.2) is 0 Å².